The lowest BCUT2D eigenvalue weighted by molar-refractivity contribution is -0.142. The first-order chi connectivity index (χ1) is 18.6. The van der Waals surface area contributed by atoms with E-state index in [9.17, 15) is 33.6 Å². The summed E-state index contributed by atoms with van der Waals surface area (Å²) in [5, 5.41) is 14.5. The predicted molar refractivity (Wildman–Crippen MR) is 137 cm³/mol. The Morgan fingerprint density at radius 2 is 1.46 bits per heavy atom. The van der Waals surface area contributed by atoms with Gasteiger partial charge in [-0.2, -0.15) is 0 Å². The Hall–Kier alpha value is -4.53. The van der Waals surface area contributed by atoms with Gasteiger partial charge in [0, 0.05) is 23.7 Å². The van der Waals surface area contributed by atoms with Crippen LogP contribution in [0.2, 0.25) is 0 Å². The van der Waals surface area contributed by atoms with Crippen molar-refractivity contribution in [2.45, 2.75) is 38.8 Å². The van der Waals surface area contributed by atoms with E-state index < -0.39 is 73.6 Å². The van der Waals surface area contributed by atoms with Gasteiger partial charge < -0.3 is 42.4 Å². The summed E-state index contributed by atoms with van der Waals surface area (Å²) in [5.41, 5.74) is 6.08. The number of hydrogen-bond donors (Lipinski definition) is 7. The standard InChI is InChI=1S/C24H33N7O8/c1-14(32)39-13-15-5-6-16-8-17(15)23(37)29-11-21(35)27-9-19(33)26-10-20(34)28-12-22(36)31-18(24(38)30-16)4-2-3-7-25/h5-6,8,18H,2-4,7,9-13,25H2,1H3,(H,26,33)(H,27,35)(H,28,34)(H,29,37)(H,30,38)(H,31,36)/t18-/m0/s1. The molecule has 0 spiro atoms. The summed E-state index contributed by atoms with van der Waals surface area (Å²) in [7, 11) is 0. The molecule has 0 aromatic heterocycles. The minimum atomic E-state index is -0.979. The van der Waals surface area contributed by atoms with Crippen LogP contribution in [0.25, 0.3) is 0 Å². The summed E-state index contributed by atoms with van der Waals surface area (Å²) in [4.78, 5) is 85.6. The lowest BCUT2D eigenvalue weighted by Crippen LogP contribution is -2.49. The predicted octanol–water partition coefficient (Wildman–Crippen LogP) is -2.61. The number of amides is 6. The van der Waals surface area contributed by atoms with Crippen LogP contribution in [0.3, 0.4) is 0 Å². The number of hydrogen-bond acceptors (Lipinski definition) is 9. The molecule has 0 saturated carbocycles. The van der Waals surface area contributed by atoms with Gasteiger partial charge in [-0.25, -0.2) is 0 Å². The number of ether oxygens (including phenoxy) is 1. The lowest BCUT2D eigenvalue weighted by atomic mass is 10.0. The molecule has 1 aliphatic heterocycles. The number of carbonyl (C=O) groups excluding carboxylic acids is 7. The van der Waals surface area contributed by atoms with Crippen LogP contribution in [-0.2, 0) is 40.1 Å². The number of nitrogens with two attached hydrogens (primary N) is 1. The summed E-state index contributed by atoms with van der Waals surface area (Å²) < 4.78 is 5.00. The van der Waals surface area contributed by atoms with E-state index in [2.05, 4.69) is 31.9 Å². The largest absolute Gasteiger partial charge is 0.461 e. The molecule has 0 fully saturated rings. The summed E-state index contributed by atoms with van der Waals surface area (Å²) in [6, 6.07) is 3.33. The highest BCUT2D eigenvalue weighted by atomic mass is 16.5. The van der Waals surface area contributed by atoms with Crippen LogP contribution in [0, 0.1) is 0 Å². The first-order valence-corrected chi connectivity index (χ1v) is 12.2. The van der Waals surface area contributed by atoms with E-state index in [0.717, 1.165) is 0 Å². The minimum absolute atomic E-state index is 0.0282. The molecule has 15 nitrogen and oxygen atoms in total. The van der Waals surface area contributed by atoms with E-state index in [-0.39, 0.29) is 24.3 Å². The van der Waals surface area contributed by atoms with E-state index >= 15 is 0 Å². The molecular weight excluding hydrogens is 514 g/mol. The number of rotatable bonds is 6. The Morgan fingerprint density at radius 3 is 2.05 bits per heavy atom. The molecule has 0 radical (unpaired) electrons. The van der Waals surface area contributed by atoms with Gasteiger partial charge in [-0.05, 0) is 37.9 Å². The van der Waals surface area contributed by atoms with Gasteiger partial charge in [0.25, 0.3) is 5.91 Å². The number of carbonyl (C=O) groups is 7. The Balaban J connectivity index is 2.33. The zero-order valence-electron chi connectivity index (χ0n) is 21.5. The zero-order chi connectivity index (χ0) is 28.8. The molecule has 8 N–H and O–H groups in total. The second-order valence-corrected chi connectivity index (χ2v) is 8.56. The second-order valence-electron chi connectivity index (χ2n) is 8.56. The molecule has 15 heteroatoms. The van der Waals surface area contributed by atoms with Crippen molar-refractivity contribution in [3.63, 3.8) is 0 Å². The summed E-state index contributed by atoms with van der Waals surface area (Å²) in [6.07, 6.45) is 1.40. The number of anilines is 1. The van der Waals surface area contributed by atoms with E-state index in [1.165, 1.54) is 25.1 Å². The van der Waals surface area contributed by atoms with Crippen molar-refractivity contribution in [3.05, 3.63) is 29.3 Å². The van der Waals surface area contributed by atoms with Gasteiger partial charge in [0.2, 0.25) is 29.5 Å². The van der Waals surface area contributed by atoms with E-state index in [0.29, 0.717) is 24.9 Å². The van der Waals surface area contributed by atoms with Crippen LogP contribution >= 0.6 is 0 Å². The maximum Gasteiger partial charge on any atom is 0.302 e. The van der Waals surface area contributed by atoms with Crippen LogP contribution in [-0.4, -0.2) is 80.2 Å². The third-order valence-electron chi connectivity index (χ3n) is 5.40. The Bertz CT molecular complexity index is 1110. The smallest absolute Gasteiger partial charge is 0.302 e. The first-order valence-electron chi connectivity index (χ1n) is 12.2. The molecule has 1 aromatic rings. The highest BCUT2D eigenvalue weighted by Crippen LogP contribution is 2.18. The van der Waals surface area contributed by atoms with Gasteiger partial charge in [-0.1, -0.05) is 6.07 Å². The summed E-state index contributed by atoms with van der Waals surface area (Å²) in [5.74, 6) is -4.49. The zero-order valence-corrected chi connectivity index (χ0v) is 21.5. The van der Waals surface area contributed by atoms with Gasteiger partial charge in [0.05, 0.1) is 26.2 Å². The van der Waals surface area contributed by atoms with Gasteiger partial charge in [0.1, 0.15) is 12.6 Å². The average Bonchev–Trinajstić information content (AvgIpc) is 2.90. The third-order valence-corrected chi connectivity index (χ3v) is 5.40. The monoisotopic (exact) mass is 547 g/mol. The SMILES string of the molecule is CC(=O)OCc1ccc2cc1C(=O)NCC(=O)NCC(=O)NCC(=O)NCC(=O)N[C@@H](CCCCN)C(=O)N2. The third kappa shape index (κ3) is 11.2. The van der Waals surface area contributed by atoms with E-state index in [1.54, 1.807) is 0 Å². The quantitative estimate of drug-likeness (QED) is 0.146. The van der Waals surface area contributed by atoms with Crippen LogP contribution in [0.1, 0.15) is 42.1 Å². The molecule has 1 aromatic carbocycles. The molecular formula is C24H33N7O8. The van der Waals surface area contributed by atoms with Gasteiger partial charge in [-0.3, -0.25) is 33.6 Å². The van der Waals surface area contributed by atoms with Gasteiger partial charge >= 0.3 is 5.97 Å². The number of benzene rings is 1. The van der Waals surface area contributed by atoms with Crippen molar-refractivity contribution in [1.82, 2.24) is 26.6 Å². The van der Waals surface area contributed by atoms with Crippen molar-refractivity contribution >= 4 is 47.1 Å². The minimum Gasteiger partial charge on any atom is -0.461 e. The molecule has 0 saturated heterocycles. The highest BCUT2D eigenvalue weighted by molar-refractivity contribution is 6.01. The Morgan fingerprint density at radius 1 is 0.872 bits per heavy atom. The molecule has 2 bridgehead atoms. The lowest BCUT2D eigenvalue weighted by Gasteiger charge is -2.19. The first kappa shape index (κ1) is 30.7. The summed E-state index contributed by atoms with van der Waals surface area (Å²) in [6.45, 7) is -0.456. The molecule has 39 heavy (non-hydrogen) atoms. The molecule has 1 heterocycles. The maximum atomic E-state index is 13.0. The molecule has 2 rings (SSSR count). The molecule has 1 aliphatic rings. The van der Waals surface area contributed by atoms with Crippen molar-refractivity contribution in [2.24, 2.45) is 5.73 Å². The molecule has 6 amide bonds. The van der Waals surface area contributed by atoms with Gasteiger partial charge in [0.15, 0.2) is 0 Å². The second kappa shape index (κ2) is 15.7. The van der Waals surface area contributed by atoms with Gasteiger partial charge in [-0.15, -0.1) is 0 Å². The van der Waals surface area contributed by atoms with Crippen molar-refractivity contribution < 1.29 is 38.3 Å². The van der Waals surface area contributed by atoms with E-state index in [4.69, 9.17) is 10.5 Å². The number of fused-ring (bicyclic) bond motifs is 2. The van der Waals surface area contributed by atoms with Crippen LogP contribution < -0.4 is 37.6 Å². The fraction of sp³-hybridized carbons (Fsp3) is 0.458. The average molecular weight is 548 g/mol. The number of unbranched alkanes of at least 4 members (excludes halogenated alkanes) is 1. The number of nitrogens with one attached hydrogen (secondary N) is 6. The number of esters is 1. The normalized spacial score (nSPS) is 17.9. The highest BCUT2D eigenvalue weighted by Gasteiger charge is 2.22. The molecule has 0 aliphatic carbocycles. The fourth-order valence-electron chi connectivity index (χ4n) is 3.39. The van der Waals surface area contributed by atoms with Crippen molar-refractivity contribution in [2.75, 3.05) is 38.0 Å². The molecule has 212 valence electrons. The fourth-order valence-corrected chi connectivity index (χ4v) is 3.39. The van der Waals surface area contributed by atoms with Crippen LogP contribution in [0.5, 0.6) is 0 Å². The Kier molecular flexibility index (Phi) is 12.3. The molecule has 1 atom stereocenters. The van der Waals surface area contributed by atoms with Crippen LogP contribution in [0.4, 0.5) is 5.69 Å². The van der Waals surface area contributed by atoms with Crippen molar-refractivity contribution in [3.8, 4) is 0 Å². The topological polar surface area (TPSA) is 227 Å². The molecule has 0 unspecified atom stereocenters. The van der Waals surface area contributed by atoms with E-state index in [1.807, 2.05) is 0 Å². The van der Waals surface area contributed by atoms with Crippen molar-refractivity contribution in [1.29, 1.82) is 0 Å². The van der Waals surface area contributed by atoms with Crippen LogP contribution in [0.15, 0.2) is 18.2 Å². The summed E-state index contributed by atoms with van der Waals surface area (Å²) >= 11 is 0. The Labute approximate surface area is 224 Å². The maximum absolute atomic E-state index is 13.0.